The molecular weight excluding hydrogens is 545 g/mol. The summed E-state index contributed by atoms with van der Waals surface area (Å²) in [6.07, 6.45) is 1.25. The highest BCUT2D eigenvalue weighted by Gasteiger charge is 2.45. The number of guanidine groups is 1. The molecule has 7 nitrogen and oxygen atoms in total. The second-order valence-corrected chi connectivity index (χ2v) is 9.01. The minimum Gasteiger partial charge on any atom is -0.356 e. The molecule has 152 valence electrons. The van der Waals surface area contributed by atoms with E-state index in [0.717, 1.165) is 16.3 Å². The van der Waals surface area contributed by atoms with Crippen LogP contribution in [0.25, 0.3) is 0 Å². The fraction of sp³-hybridized carbons (Fsp3) is 0.588. The Balaban J connectivity index is 0.00000364. The van der Waals surface area contributed by atoms with Gasteiger partial charge in [-0.2, -0.15) is 0 Å². The van der Waals surface area contributed by atoms with E-state index in [1.54, 1.807) is 25.3 Å². The summed E-state index contributed by atoms with van der Waals surface area (Å²) in [7, 11) is 3.72. The molecule has 0 radical (unpaired) electrons. The zero-order valence-electron chi connectivity index (χ0n) is 16.0. The third-order valence-corrected chi connectivity index (χ3v) is 6.10. The molecule has 2 N–H and O–H groups in total. The van der Waals surface area contributed by atoms with Crippen molar-refractivity contribution in [2.45, 2.75) is 38.8 Å². The fourth-order valence-corrected chi connectivity index (χ4v) is 4.29. The summed E-state index contributed by atoms with van der Waals surface area (Å²) in [5, 5.41) is 6.05. The number of hydrogen-bond donors (Lipinski definition) is 2. The summed E-state index contributed by atoms with van der Waals surface area (Å²) in [5.41, 5.74) is -0.768. The number of carbonyl (C=O) groups is 2. The van der Waals surface area contributed by atoms with E-state index in [2.05, 4.69) is 37.6 Å². The number of rotatable bonds is 7. The predicted molar refractivity (Wildman–Crippen MR) is 124 cm³/mol. The molecule has 27 heavy (non-hydrogen) atoms. The molecule has 1 atom stereocenters. The van der Waals surface area contributed by atoms with Gasteiger partial charge in [0.25, 0.3) is 5.91 Å². The normalized spacial score (nSPS) is 19.7. The van der Waals surface area contributed by atoms with E-state index in [4.69, 9.17) is 0 Å². The average molecular weight is 572 g/mol. The van der Waals surface area contributed by atoms with Gasteiger partial charge in [-0.3, -0.25) is 14.7 Å². The monoisotopic (exact) mass is 571 g/mol. The largest absolute Gasteiger partial charge is 0.356 e. The highest BCUT2D eigenvalue weighted by molar-refractivity contribution is 14.0. The summed E-state index contributed by atoms with van der Waals surface area (Å²) < 4.78 is 1.11. The molecule has 2 rings (SSSR count). The molecule has 1 saturated heterocycles. The minimum atomic E-state index is -0.768. The summed E-state index contributed by atoms with van der Waals surface area (Å²) in [6, 6.07) is 3.82. The third-order valence-electron chi connectivity index (χ3n) is 4.49. The second-order valence-electron chi connectivity index (χ2n) is 6.46. The molecule has 3 amide bonds. The molecule has 2 heterocycles. The molecule has 1 aliphatic rings. The zero-order chi connectivity index (χ0) is 19.3. The lowest BCUT2D eigenvalue weighted by Crippen LogP contribution is -2.43. The van der Waals surface area contributed by atoms with Crippen LogP contribution < -0.4 is 10.6 Å². The number of aliphatic imine (C=N–C) groups is 1. The lowest BCUT2D eigenvalue weighted by molar-refractivity contribution is -0.130. The van der Waals surface area contributed by atoms with Gasteiger partial charge >= 0.3 is 6.03 Å². The number of hydrogen-bond acceptors (Lipinski definition) is 4. The van der Waals surface area contributed by atoms with Gasteiger partial charge in [0.1, 0.15) is 5.54 Å². The summed E-state index contributed by atoms with van der Waals surface area (Å²) in [6.45, 7) is 5.45. The Morgan fingerprint density at radius 3 is 2.67 bits per heavy atom. The maximum Gasteiger partial charge on any atom is 0.325 e. The number of imide groups is 1. The van der Waals surface area contributed by atoms with Crippen LogP contribution in [0.1, 0.15) is 31.6 Å². The second kappa shape index (κ2) is 10.6. The number of carbonyl (C=O) groups excluding carboxylic acids is 2. The number of halogens is 2. The molecule has 0 spiro atoms. The molecule has 1 aliphatic heterocycles. The van der Waals surface area contributed by atoms with Gasteiger partial charge in [0.05, 0.1) is 10.3 Å². The number of nitrogens with one attached hydrogen (secondary N) is 2. The Bertz CT molecular complexity index is 699. The topological polar surface area (TPSA) is 77.0 Å². The van der Waals surface area contributed by atoms with Crippen LogP contribution >= 0.6 is 51.2 Å². The number of nitrogens with zero attached hydrogens (tertiary/aromatic N) is 3. The first-order valence-electron chi connectivity index (χ1n) is 8.61. The van der Waals surface area contributed by atoms with E-state index in [0.29, 0.717) is 25.9 Å². The van der Waals surface area contributed by atoms with E-state index in [1.807, 2.05) is 24.9 Å². The highest BCUT2D eigenvalue weighted by atomic mass is 127. The van der Waals surface area contributed by atoms with Crippen molar-refractivity contribution in [2.24, 2.45) is 4.99 Å². The molecule has 1 aromatic rings. The molecule has 1 fully saturated rings. The van der Waals surface area contributed by atoms with E-state index in [-0.39, 0.29) is 35.9 Å². The highest BCUT2D eigenvalue weighted by Crippen LogP contribution is 2.23. The first-order valence-corrected chi connectivity index (χ1v) is 10.2. The van der Waals surface area contributed by atoms with Gasteiger partial charge in [0, 0.05) is 32.1 Å². The molecule has 1 unspecified atom stereocenters. The molecular formula is C17H27BrIN5O2S. The Kier molecular flexibility index (Phi) is 9.49. The Labute approximate surface area is 190 Å². The summed E-state index contributed by atoms with van der Waals surface area (Å²) in [4.78, 5) is 33.2. The summed E-state index contributed by atoms with van der Waals surface area (Å²) >= 11 is 5.17. The van der Waals surface area contributed by atoms with Gasteiger partial charge < -0.3 is 15.5 Å². The van der Waals surface area contributed by atoms with Crippen molar-refractivity contribution in [3.05, 3.63) is 20.8 Å². The first kappa shape index (κ1) is 24.2. The van der Waals surface area contributed by atoms with E-state index in [1.165, 1.54) is 9.78 Å². The Morgan fingerprint density at radius 1 is 1.44 bits per heavy atom. The Morgan fingerprint density at radius 2 is 2.15 bits per heavy atom. The van der Waals surface area contributed by atoms with Crippen molar-refractivity contribution in [2.75, 3.05) is 27.2 Å². The van der Waals surface area contributed by atoms with Gasteiger partial charge in [-0.25, -0.2) is 4.79 Å². The van der Waals surface area contributed by atoms with Crippen LogP contribution in [0.15, 0.2) is 20.9 Å². The van der Waals surface area contributed by atoms with Gasteiger partial charge in [0.2, 0.25) is 0 Å². The van der Waals surface area contributed by atoms with Crippen LogP contribution in [0.4, 0.5) is 4.79 Å². The van der Waals surface area contributed by atoms with Gasteiger partial charge in [0.15, 0.2) is 5.96 Å². The zero-order valence-corrected chi connectivity index (χ0v) is 20.8. The molecule has 0 aromatic carbocycles. The van der Waals surface area contributed by atoms with E-state index in [9.17, 15) is 9.59 Å². The van der Waals surface area contributed by atoms with Crippen molar-refractivity contribution in [3.63, 3.8) is 0 Å². The number of thiophene rings is 1. The Hall–Kier alpha value is -0.880. The lowest BCUT2D eigenvalue weighted by atomic mass is 9.99. The third kappa shape index (κ3) is 6.05. The van der Waals surface area contributed by atoms with Crippen LogP contribution in [0.5, 0.6) is 0 Å². The van der Waals surface area contributed by atoms with E-state index < -0.39 is 5.54 Å². The average Bonchev–Trinajstić information content (AvgIpc) is 3.10. The SMILES string of the molecule is CCC1(C)NC(=O)N(CCCNC(=NC)N(C)Cc2ccc(Br)s2)C1=O.I. The molecule has 10 heteroatoms. The number of amides is 3. The molecule has 1 aromatic heterocycles. The van der Waals surface area contributed by atoms with Gasteiger partial charge in [-0.15, -0.1) is 35.3 Å². The number of urea groups is 1. The van der Waals surface area contributed by atoms with Gasteiger partial charge in [-0.1, -0.05) is 6.92 Å². The first-order chi connectivity index (χ1) is 12.3. The van der Waals surface area contributed by atoms with Crippen molar-refractivity contribution in [1.29, 1.82) is 0 Å². The standard InChI is InChI=1S/C17H26BrN5O2S.HI/c1-5-17(2)14(24)23(16(25)21-17)10-6-9-20-15(19-3)22(4)11-12-7-8-13(18)26-12;/h7-8H,5-6,9-11H2,1-4H3,(H,19,20)(H,21,25);1H. The minimum absolute atomic E-state index is 0. The molecule has 0 bridgehead atoms. The van der Waals surface area contributed by atoms with Crippen LogP contribution in [-0.4, -0.2) is 60.4 Å². The predicted octanol–water partition coefficient (Wildman–Crippen LogP) is 3.25. The fourth-order valence-electron chi connectivity index (χ4n) is 2.76. The van der Waals surface area contributed by atoms with Crippen LogP contribution in [0.3, 0.4) is 0 Å². The van der Waals surface area contributed by atoms with Crippen LogP contribution in [0.2, 0.25) is 0 Å². The smallest absolute Gasteiger partial charge is 0.325 e. The van der Waals surface area contributed by atoms with Crippen LogP contribution in [0, 0.1) is 0 Å². The summed E-state index contributed by atoms with van der Waals surface area (Å²) in [5.74, 6) is 0.639. The van der Waals surface area contributed by atoms with Crippen molar-refractivity contribution >= 4 is 69.1 Å². The maximum atomic E-state index is 12.4. The maximum absolute atomic E-state index is 12.4. The molecule has 0 saturated carbocycles. The van der Waals surface area contributed by atoms with Crippen molar-refractivity contribution in [1.82, 2.24) is 20.4 Å². The van der Waals surface area contributed by atoms with E-state index >= 15 is 0 Å². The quantitative estimate of drug-likeness (QED) is 0.173. The van der Waals surface area contributed by atoms with Gasteiger partial charge in [-0.05, 0) is 47.8 Å². The van der Waals surface area contributed by atoms with Crippen molar-refractivity contribution in [3.8, 4) is 0 Å². The van der Waals surface area contributed by atoms with Crippen molar-refractivity contribution < 1.29 is 9.59 Å². The lowest BCUT2D eigenvalue weighted by Gasteiger charge is -2.22. The molecule has 0 aliphatic carbocycles. The van der Waals surface area contributed by atoms with Crippen LogP contribution in [-0.2, 0) is 11.3 Å².